The summed E-state index contributed by atoms with van der Waals surface area (Å²) < 4.78 is 20.2. The minimum absolute atomic E-state index is 0.0415. The van der Waals surface area contributed by atoms with E-state index in [1.165, 1.54) is 6.42 Å². The molecule has 4 saturated carbocycles. The van der Waals surface area contributed by atoms with E-state index in [-0.39, 0.29) is 11.2 Å². The molecule has 130 valence electrons. The van der Waals surface area contributed by atoms with E-state index < -0.39 is 5.67 Å². The number of benzene rings is 1. The fourth-order valence-corrected chi connectivity index (χ4v) is 6.33. The van der Waals surface area contributed by atoms with E-state index in [2.05, 4.69) is 0 Å². The van der Waals surface area contributed by atoms with Gasteiger partial charge in [-0.05, 0) is 74.3 Å². The molecule has 0 heterocycles. The molecule has 0 spiro atoms. The second-order valence-electron chi connectivity index (χ2n) is 8.36. The molecule has 5 rings (SSSR count). The molecule has 0 saturated heterocycles. The summed E-state index contributed by atoms with van der Waals surface area (Å²) in [6.45, 7) is 0. The van der Waals surface area contributed by atoms with Gasteiger partial charge in [-0.15, -0.1) is 0 Å². The molecule has 2 atom stereocenters. The molecule has 4 fully saturated rings. The van der Waals surface area contributed by atoms with Gasteiger partial charge in [0.15, 0.2) is 5.78 Å². The lowest BCUT2D eigenvalue weighted by Crippen LogP contribution is -2.53. The molecule has 1 aromatic carbocycles. The van der Waals surface area contributed by atoms with Gasteiger partial charge in [-0.2, -0.15) is 0 Å². The number of carbonyl (C=O) groups excluding carboxylic acids is 1. The van der Waals surface area contributed by atoms with Gasteiger partial charge in [0.25, 0.3) is 0 Å². The van der Waals surface area contributed by atoms with Gasteiger partial charge >= 0.3 is 0 Å². The smallest absolute Gasteiger partial charge is 0.164 e. The summed E-state index contributed by atoms with van der Waals surface area (Å²) in [5, 5.41) is 0.387. The van der Waals surface area contributed by atoms with Crippen LogP contribution in [0.4, 0.5) is 4.39 Å². The average Bonchev–Trinajstić information content (AvgIpc) is 2.50. The van der Waals surface area contributed by atoms with Crippen LogP contribution in [0.2, 0.25) is 5.02 Å². The van der Waals surface area contributed by atoms with E-state index in [4.69, 9.17) is 16.3 Å². The summed E-state index contributed by atoms with van der Waals surface area (Å²) in [6, 6.07) is 5.30. The Morgan fingerprint density at radius 2 is 2.00 bits per heavy atom. The van der Waals surface area contributed by atoms with Crippen molar-refractivity contribution >= 4 is 17.4 Å². The van der Waals surface area contributed by atoms with Gasteiger partial charge in [-0.25, -0.2) is 4.39 Å². The second kappa shape index (κ2) is 5.72. The normalized spacial score (nSPS) is 36.8. The third-order valence-corrected chi connectivity index (χ3v) is 6.87. The van der Waals surface area contributed by atoms with Crippen molar-refractivity contribution in [3.05, 3.63) is 28.8 Å². The lowest BCUT2D eigenvalue weighted by atomic mass is 9.47. The predicted molar refractivity (Wildman–Crippen MR) is 92.5 cm³/mol. The number of alkyl halides is 1. The number of halogens is 2. The monoisotopic (exact) mass is 350 g/mol. The van der Waals surface area contributed by atoms with Crippen molar-refractivity contribution in [3.8, 4) is 5.75 Å². The zero-order chi connectivity index (χ0) is 16.9. The molecular weight excluding hydrogens is 327 g/mol. The first-order valence-electron chi connectivity index (χ1n) is 8.97. The molecule has 0 N–H and O–H groups in total. The minimum atomic E-state index is -0.958. The van der Waals surface area contributed by atoms with Gasteiger partial charge in [0.2, 0.25) is 0 Å². The third-order valence-electron chi connectivity index (χ3n) is 6.48. The molecule has 4 aliphatic carbocycles. The first kappa shape index (κ1) is 16.4. The largest absolute Gasteiger partial charge is 0.495 e. The zero-order valence-corrected chi connectivity index (χ0v) is 14.9. The number of methoxy groups -OCH3 is 1. The summed E-state index contributed by atoms with van der Waals surface area (Å²) in [5.41, 5.74) is -0.392. The fourth-order valence-electron chi connectivity index (χ4n) is 6.03. The fraction of sp³-hybridized carbons (Fsp3) is 0.650. The van der Waals surface area contributed by atoms with E-state index in [0.717, 1.165) is 32.1 Å². The van der Waals surface area contributed by atoms with Crippen molar-refractivity contribution in [1.29, 1.82) is 0 Å². The van der Waals surface area contributed by atoms with E-state index >= 15 is 4.39 Å². The van der Waals surface area contributed by atoms with Crippen molar-refractivity contribution in [3.63, 3.8) is 0 Å². The topological polar surface area (TPSA) is 26.3 Å². The lowest BCUT2D eigenvalue weighted by molar-refractivity contribution is -0.125. The van der Waals surface area contributed by atoms with Crippen LogP contribution < -0.4 is 4.74 Å². The number of carbonyl (C=O) groups is 1. The highest BCUT2D eigenvalue weighted by molar-refractivity contribution is 6.35. The van der Waals surface area contributed by atoms with Crippen LogP contribution in [0, 0.1) is 17.3 Å². The summed E-state index contributed by atoms with van der Waals surface area (Å²) in [5.74, 6) is 1.64. The maximum Gasteiger partial charge on any atom is 0.164 e. The number of hydrogen-bond donors (Lipinski definition) is 0. The number of hydrogen-bond acceptors (Lipinski definition) is 2. The van der Waals surface area contributed by atoms with Gasteiger partial charge in [-0.3, -0.25) is 4.79 Å². The molecule has 2 nitrogen and oxygen atoms in total. The molecule has 4 heteroatoms. The predicted octanol–water partition coefficient (Wildman–Crippen LogP) is 5.62. The molecule has 1 aromatic rings. The molecule has 0 amide bonds. The Bertz CT molecular complexity index is 658. The molecule has 4 aliphatic rings. The van der Waals surface area contributed by atoms with Crippen molar-refractivity contribution < 1.29 is 13.9 Å². The minimum Gasteiger partial charge on any atom is -0.495 e. The van der Waals surface area contributed by atoms with Crippen LogP contribution in [0.3, 0.4) is 0 Å². The number of ketones is 1. The average molecular weight is 351 g/mol. The third kappa shape index (κ3) is 2.75. The van der Waals surface area contributed by atoms with Gasteiger partial charge in [-0.1, -0.05) is 17.7 Å². The highest BCUT2D eigenvalue weighted by Crippen LogP contribution is 2.64. The molecule has 2 unspecified atom stereocenters. The second-order valence-corrected chi connectivity index (χ2v) is 8.73. The van der Waals surface area contributed by atoms with Gasteiger partial charge in [0.1, 0.15) is 11.4 Å². The van der Waals surface area contributed by atoms with Crippen molar-refractivity contribution in [2.24, 2.45) is 17.3 Å². The maximum atomic E-state index is 15.0. The van der Waals surface area contributed by atoms with Crippen LogP contribution >= 0.6 is 11.6 Å². The summed E-state index contributed by atoms with van der Waals surface area (Å²) in [6.07, 6.45) is 6.81. The lowest BCUT2D eigenvalue weighted by Gasteiger charge is -2.59. The Balaban J connectivity index is 1.48. The summed E-state index contributed by atoms with van der Waals surface area (Å²) in [4.78, 5) is 12.7. The highest BCUT2D eigenvalue weighted by atomic mass is 35.5. The molecular formula is C20H24ClFO2. The Labute approximate surface area is 147 Å². The maximum absolute atomic E-state index is 15.0. The quantitative estimate of drug-likeness (QED) is 0.644. The first-order chi connectivity index (χ1) is 11.4. The number of Topliss-reactive ketones (excluding diaryl/α,β-unsaturated/α-hetero) is 1. The van der Waals surface area contributed by atoms with Crippen LogP contribution in [0.25, 0.3) is 0 Å². The van der Waals surface area contributed by atoms with Crippen molar-refractivity contribution in [2.45, 2.75) is 57.0 Å². The number of ether oxygens (including phenoxy) is 1. The Hall–Kier alpha value is -1.09. The van der Waals surface area contributed by atoms with E-state index in [1.807, 2.05) is 0 Å². The Morgan fingerprint density at radius 1 is 1.29 bits per heavy atom. The van der Waals surface area contributed by atoms with Gasteiger partial charge < -0.3 is 4.74 Å². The van der Waals surface area contributed by atoms with Gasteiger partial charge in [0, 0.05) is 12.0 Å². The highest BCUT2D eigenvalue weighted by Gasteiger charge is 2.57. The van der Waals surface area contributed by atoms with Crippen LogP contribution in [-0.4, -0.2) is 18.6 Å². The van der Waals surface area contributed by atoms with Crippen LogP contribution in [-0.2, 0) is 0 Å². The Kier molecular flexibility index (Phi) is 3.91. The molecule has 0 radical (unpaired) electrons. The first-order valence-corrected chi connectivity index (χ1v) is 9.34. The number of rotatable bonds is 5. The molecule has 4 bridgehead atoms. The Morgan fingerprint density at radius 3 is 2.62 bits per heavy atom. The van der Waals surface area contributed by atoms with E-state index in [9.17, 15) is 4.79 Å². The van der Waals surface area contributed by atoms with Crippen LogP contribution in [0.5, 0.6) is 5.75 Å². The van der Waals surface area contributed by atoms with Crippen molar-refractivity contribution in [2.75, 3.05) is 7.11 Å². The zero-order valence-electron chi connectivity index (χ0n) is 14.1. The standard InChI is InChI=1S/C20H24ClFO2/c1-24-17-4-2-3-15(18(17)21)16(23)5-6-19-8-13-7-14(9-19)11-20(22,10-13)12-19/h2-4,13-14H,5-12H2,1H3. The summed E-state index contributed by atoms with van der Waals surface area (Å²) >= 11 is 6.27. The van der Waals surface area contributed by atoms with Crippen LogP contribution in [0.15, 0.2) is 18.2 Å². The molecule has 0 aliphatic heterocycles. The SMILES string of the molecule is COc1cccc(C(=O)CCC23CC4CC(CC(F)(C4)C2)C3)c1Cl. The van der Waals surface area contributed by atoms with E-state index in [0.29, 0.717) is 41.0 Å². The van der Waals surface area contributed by atoms with Crippen LogP contribution in [0.1, 0.15) is 61.7 Å². The molecule has 0 aromatic heterocycles. The van der Waals surface area contributed by atoms with Crippen molar-refractivity contribution in [1.82, 2.24) is 0 Å². The van der Waals surface area contributed by atoms with E-state index in [1.54, 1.807) is 25.3 Å². The van der Waals surface area contributed by atoms with Gasteiger partial charge in [0.05, 0.1) is 12.1 Å². The summed E-state index contributed by atoms with van der Waals surface area (Å²) in [7, 11) is 1.55. The molecule has 24 heavy (non-hydrogen) atoms.